The Kier molecular flexibility index (Phi) is 7.41. The molecule has 0 aliphatic carbocycles. The second kappa shape index (κ2) is 10.3. The van der Waals surface area contributed by atoms with Gasteiger partial charge in [-0.05, 0) is 48.9 Å². The number of hydrogen-bond acceptors (Lipinski definition) is 8. The van der Waals surface area contributed by atoms with Crippen LogP contribution in [0.15, 0.2) is 53.4 Å². The van der Waals surface area contributed by atoms with Gasteiger partial charge in [-0.3, -0.25) is 0 Å². The van der Waals surface area contributed by atoms with Crippen LogP contribution in [0, 0.1) is 5.82 Å². The van der Waals surface area contributed by atoms with Gasteiger partial charge in [0.05, 0.1) is 28.9 Å². The van der Waals surface area contributed by atoms with E-state index < -0.39 is 51.8 Å². The number of ether oxygens (including phenoxy) is 1. The minimum atomic E-state index is -5.03. The number of nitrogens with zero attached hydrogens (tertiary/aromatic N) is 3. The van der Waals surface area contributed by atoms with Crippen LogP contribution in [0.5, 0.6) is 0 Å². The lowest BCUT2D eigenvalue weighted by Crippen LogP contribution is -2.38. The molecule has 202 valence electrons. The van der Waals surface area contributed by atoms with Gasteiger partial charge in [0.15, 0.2) is 0 Å². The Labute approximate surface area is 214 Å². The van der Waals surface area contributed by atoms with Gasteiger partial charge in [-0.15, -0.1) is 0 Å². The van der Waals surface area contributed by atoms with Gasteiger partial charge in [-0.1, -0.05) is 12.1 Å². The van der Waals surface area contributed by atoms with Crippen molar-refractivity contribution in [3.8, 4) is 22.4 Å². The molecule has 1 fully saturated rings. The van der Waals surface area contributed by atoms with Gasteiger partial charge in [-0.2, -0.15) is 13.2 Å². The number of aliphatic hydroxyl groups is 1. The van der Waals surface area contributed by atoms with Crippen LogP contribution >= 0.6 is 0 Å². The molecule has 3 aromatic rings. The van der Waals surface area contributed by atoms with Gasteiger partial charge in [-0.25, -0.2) is 32.7 Å². The Bertz CT molecular complexity index is 1470. The van der Waals surface area contributed by atoms with Crippen molar-refractivity contribution >= 4 is 21.8 Å². The molecule has 14 heteroatoms. The highest BCUT2D eigenvalue weighted by atomic mass is 32.2. The summed E-state index contributed by atoms with van der Waals surface area (Å²) in [5.74, 6) is -3.39. The predicted octanol–water partition coefficient (Wildman–Crippen LogP) is 3.12. The summed E-state index contributed by atoms with van der Waals surface area (Å²) in [7, 11) is -4.22. The van der Waals surface area contributed by atoms with Crippen molar-refractivity contribution in [2.45, 2.75) is 36.6 Å². The SMILES string of the molecule is CCOC(=O)[C@@H]1C[C@@H](O)CN1c1nc(C(F)(F)F)nc(-c2ccc(F)cc2)c1-c1cccc(S(N)(=O)=O)c1. The second-order valence-corrected chi connectivity index (χ2v) is 10.0. The van der Waals surface area contributed by atoms with Crippen molar-refractivity contribution in [1.82, 2.24) is 9.97 Å². The fourth-order valence-corrected chi connectivity index (χ4v) is 4.76. The molecule has 2 atom stereocenters. The zero-order valence-corrected chi connectivity index (χ0v) is 20.6. The number of primary sulfonamides is 1. The maximum Gasteiger partial charge on any atom is 0.451 e. The molecule has 2 heterocycles. The van der Waals surface area contributed by atoms with E-state index in [9.17, 15) is 35.9 Å². The Hall–Kier alpha value is -3.62. The van der Waals surface area contributed by atoms with E-state index in [0.29, 0.717) is 0 Å². The monoisotopic (exact) mass is 554 g/mol. The molecule has 1 aliphatic heterocycles. The van der Waals surface area contributed by atoms with Crippen LogP contribution in [0.1, 0.15) is 19.2 Å². The highest BCUT2D eigenvalue weighted by Crippen LogP contribution is 2.42. The molecular formula is C24H22F4N4O5S. The minimum absolute atomic E-state index is 0.0130. The molecule has 0 saturated carbocycles. The van der Waals surface area contributed by atoms with Crippen LogP contribution in [0.2, 0.25) is 0 Å². The first-order valence-corrected chi connectivity index (χ1v) is 12.8. The van der Waals surface area contributed by atoms with Gasteiger partial charge in [0.25, 0.3) is 0 Å². The lowest BCUT2D eigenvalue weighted by molar-refractivity contribution is -0.145. The Morgan fingerprint density at radius 2 is 1.84 bits per heavy atom. The van der Waals surface area contributed by atoms with Gasteiger partial charge < -0.3 is 14.7 Å². The van der Waals surface area contributed by atoms with Crippen LogP contribution in [0.25, 0.3) is 22.4 Å². The molecule has 0 amide bonds. The van der Waals surface area contributed by atoms with Crippen molar-refractivity contribution in [3.63, 3.8) is 0 Å². The lowest BCUT2D eigenvalue weighted by Gasteiger charge is -2.28. The molecule has 0 radical (unpaired) electrons. The molecule has 3 N–H and O–H groups in total. The van der Waals surface area contributed by atoms with Gasteiger partial charge in [0.2, 0.25) is 15.8 Å². The molecular weight excluding hydrogens is 532 g/mol. The molecule has 38 heavy (non-hydrogen) atoms. The first kappa shape index (κ1) is 27.4. The number of sulfonamides is 1. The van der Waals surface area contributed by atoms with Crippen molar-refractivity contribution in [1.29, 1.82) is 0 Å². The van der Waals surface area contributed by atoms with E-state index in [4.69, 9.17) is 9.88 Å². The number of nitrogens with two attached hydrogens (primary N) is 1. The van der Waals surface area contributed by atoms with E-state index in [2.05, 4.69) is 9.97 Å². The molecule has 1 aromatic heterocycles. The zero-order valence-electron chi connectivity index (χ0n) is 19.8. The topological polar surface area (TPSA) is 136 Å². The van der Waals surface area contributed by atoms with Gasteiger partial charge in [0.1, 0.15) is 17.7 Å². The van der Waals surface area contributed by atoms with Crippen molar-refractivity contribution < 1.29 is 40.6 Å². The zero-order chi connectivity index (χ0) is 27.8. The number of benzene rings is 2. The largest absolute Gasteiger partial charge is 0.464 e. The molecule has 4 rings (SSSR count). The minimum Gasteiger partial charge on any atom is -0.464 e. The number of aromatic nitrogens is 2. The molecule has 2 aromatic carbocycles. The Morgan fingerprint density at radius 3 is 2.45 bits per heavy atom. The van der Waals surface area contributed by atoms with E-state index in [1.165, 1.54) is 35.2 Å². The van der Waals surface area contributed by atoms with Gasteiger partial charge >= 0.3 is 12.1 Å². The number of alkyl halides is 3. The summed E-state index contributed by atoms with van der Waals surface area (Å²) in [5.41, 5.74) is -0.274. The maximum atomic E-state index is 14.0. The summed E-state index contributed by atoms with van der Waals surface area (Å²) in [6.45, 7) is 1.26. The van der Waals surface area contributed by atoms with E-state index in [0.717, 1.165) is 18.2 Å². The number of hydrogen-bond donors (Lipinski definition) is 2. The van der Waals surface area contributed by atoms with E-state index in [1.807, 2.05) is 0 Å². The maximum absolute atomic E-state index is 14.0. The lowest BCUT2D eigenvalue weighted by atomic mass is 9.98. The van der Waals surface area contributed by atoms with E-state index in [1.54, 1.807) is 6.92 Å². The predicted molar refractivity (Wildman–Crippen MR) is 128 cm³/mol. The smallest absolute Gasteiger partial charge is 0.451 e. The van der Waals surface area contributed by atoms with E-state index >= 15 is 0 Å². The van der Waals surface area contributed by atoms with Crippen molar-refractivity contribution in [3.05, 3.63) is 60.2 Å². The third kappa shape index (κ3) is 5.61. The average Bonchev–Trinajstić information content (AvgIpc) is 3.24. The fraction of sp³-hybridized carbons (Fsp3) is 0.292. The van der Waals surface area contributed by atoms with Crippen LogP contribution in [-0.4, -0.2) is 54.8 Å². The van der Waals surface area contributed by atoms with Crippen LogP contribution in [0.3, 0.4) is 0 Å². The number of rotatable bonds is 6. The Morgan fingerprint density at radius 1 is 1.16 bits per heavy atom. The molecule has 0 bridgehead atoms. The number of aliphatic hydroxyl groups excluding tert-OH is 1. The summed E-state index contributed by atoms with van der Waals surface area (Å²) in [6.07, 6.45) is -6.28. The quantitative estimate of drug-likeness (QED) is 0.351. The summed E-state index contributed by atoms with van der Waals surface area (Å²) < 4.78 is 84.8. The van der Waals surface area contributed by atoms with Crippen molar-refractivity contribution in [2.75, 3.05) is 18.1 Å². The normalized spacial score (nSPS) is 18.0. The standard InChI is InChI=1S/C24H22F4N4O5S/c1-2-37-22(34)18-11-16(33)12-32(18)21-19(14-4-3-5-17(10-14)38(29,35)36)20(13-6-8-15(25)9-7-13)30-23(31-21)24(26,27)28/h3-10,16,18,33H,2,11-12H2,1H3,(H2,29,35,36)/t16-,18+/m1/s1. The highest BCUT2D eigenvalue weighted by molar-refractivity contribution is 7.89. The number of halogens is 4. The van der Waals surface area contributed by atoms with Crippen LogP contribution < -0.4 is 10.0 Å². The highest BCUT2D eigenvalue weighted by Gasteiger charge is 2.42. The number of β-amino-alcohol motifs (C(OH)–C–C–N with tert-alkyl or cyclic N) is 1. The number of anilines is 1. The second-order valence-electron chi connectivity index (χ2n) is 8.48. The third-order valence-corrected chi connectivity index (χ3v) is 6.73. The average molecular weight is 555 g/mol. The molecule has 1 aliphatic rings. The number of esters is 1. The summed E-state index contributed by atoms with van der Waals surface area (Å²) >= 11 is 0. The molecule has 0 unspecified atom stereocenters. The Balaban J connectivity index is 2.09. The molecule has 0 spiro atoms. The fourth-order valence-electron chi connectivity index (χ4n) is 4.20. The first-order valence-electron chi connectivity index (χ1n) is 11.3. The van der Waals surface area contributed by atoms with Crippen LogP contribution in [0.4, 0.5) is 23.4 Å². The number of carbonyl (C=O) groups excluding carboxylic acids is 1. The van der Waals surface area contributed by atoms with Gasteiger partial charge in [0, 0.05) is 18.5 Å². The summed E-state index contributed by atoms with van der Waals surface area (Å²) in [5, 5.41) is 15.6. The third-order valence-electron chi connectivity index (χ3n) is 5.82. The molecule has 9 nitrogen and oxygen atoms in total. The first-order chi connectivity index (χ1) is 17.8. The van der Waals surface area contributed by atoms with Crippen LogP contribution in [-0.2, 0) is 25.7 Å². The summed E-state index contributed by atoms with van der Waals surface area (Å²) in [6, 6.07) is 8.32. The summed E-state index contributed by atoms with van der Waals surface area (Å²) in [4.78, 5) is 21.0. The number of carbonyl (C=O) groups is 1. The van der Waals surface area contributed by atoms with Crippen molar-refractivity contribution in [2.24, 2.45) is 5.14 Å². The van der Waals surface area contributed by atoms with E-state index in [-0.39, 0.29) is 46.9 Å². The molecule has 1 saturated heterocycles.